The van der Waals surface area contributed by atoms with Crippen LogP contribution in [0.1, 0.15) is 20.3 Å². The molecule has 0 aliphatic carbocycles. The first-order chi connectivity index (χ1) is 8.41. The second-order valence-electron chi connectivity index (χ2n) is 4.41. The van der Waals surface area contributed by atoms with E-state index in [4.69, 9.17) is 0 Å². The van der Waals surface area contributed by atoms with E-state index in [0.717, 1.165) is 0 Å². The Kier molecular flexibility index (Phi) is 4.49. The molecule has 0 aromatic heterocycles. The van der Waals surface area contributed by atoms with E-state index in [0.29, 0.717) is 17.8 Å². The zero-order valence-electron chi connectivity index (χ0n) is 10.9. The minimum atomic E-state index is -0.885. The molecule has 1 aromatic carbocycles. The molecule has 0 saturated heterocycles. The zero-order valence-corrected chi connectivity index (χ0v) is 10.9. The third-order valence-corrected chi connectivity index (χ3v) is 2.91. The Morgan fingerprint density at radius 3 is 2.56 bits per heavy atom. The van der Waals surface area contributed by atoms with Gasteiger partial charge in [0, 0.05) is 13.6 Å². The maximum atomic E-state index is 11.1. The van der Waals surface area contributed by atoms with Crippen molar-refractivity contribution in [1.82, 2.24) is 0 Å². The first kappa shape index (κ1) is 14.2. The third kappa shape index (κ3) is 3.33. The number of aliphatic hydroxyl groups is 1. The molecular formula is C12H19N3O3. The monoisotopic (exact) mass is 253 g/mol. The molecule has 0 heterocycles. The average Bonchev–Trinajstić information content (AvgIpc) is 2.35. The highest BCUT2D eigenvalue weighted by Gasteiger charge is 2.22. The highest BCUT2D eigenvalue weighted by molar-refractivity contribution is 5.76. The molecule has 0 bridgehead atoms. The van der Waals surface area contributed by atoms with Crippen molar-refractivity contribution < 1.29 is 10.0 Å². The molecule has 100 valence electrons. The van der Waals surface area contributed by atoms with Crippen molar-refractivity contribution in [2.75, 3.05) is 24.2 Å². The van der Waals surface area contributed by atoms with Crippen LogP contribution in [0.4, 0.5) is 17.1 Å². The fourth-order valence-corrected chi connectivity index (χ4v) is 1.50. The predicted molar refractivity (Wildman–Crippen MR) is 72.0 cm³/mol. The third-order valence-electron chi connectivity index (χ3n) is 2.91. The van der Waals surface area contributed by atoms with Crippen LogP contribution in [0.15, 0.2) is 18.2 Å². The highest BCUT2D eigenvalue weighted by Crippen LogP contribution is 2.32. The van der Waals surface area contributed by atoms with Gasteiger partial charge in [0.2, 0.25) is 0 Å². The minimum Gasteiger partial charge on any atom is -0.388 e. The fourth-order valence-electron chi connectivity index (χ4n) is 1.50. The molecule has 6 heteroatoms. The maximum Gasteiger partial charge on any atom is 0.315 e. The molecule has 6 nitrogen and oxygen atoms in total. The Labute approximate surface area is 106 Å². The van der Waals surface area contributed by atoms with Crippen LogP contribution in [0.5, 0.6) is 0 Å². The lowest BCUT2D eigenvalue weighted by Gasteiger charge is -2.22. The summed E-state index contributed by atoms with van der Waals surface area (Å²) in [7, 11) is 1.63. The van der Waals surface area contributed by atoms with Crippen LogP contribution in [-0.4, -0.2) is 29.2 Å². The molecular weight excluding hydrogens is 234 g/mol. The van der Waals surface area contributed by atoms with E-state index in [1.54, 1.807) is 32.2 Å². The number of nitrogens with zero attached hydrogens (tertiary/aromatic N) is 1. The summed E-state index contributed by atoms with van der Waals surface area (Å²) in [6.45, 7) is 3.81. The van der Waals surface area contributed by atoms with Crippen LogP contribution < -0.4 is 10.6 Å². The maximum absolute atomic E-state index is 11.1. The van der Waals surface area contributed by atoms with Gasteiger partial charge in [-0.15, -0.1) is 0 Å². The smallest absolute Gasteiger partial charge is 0.315 e. The molecule has 1 rings (SSSR count). The van der Waals surface area contributed by atoms with Crippen molar-refractivity contribution in [3.05, 3.63) is 28.3 Å². The van der Waals surface area contributed by atoms with Gasteiger partial charge >= 0.3 is 5.69 Å². The lowest BCUT2D eigenvalue weighted by molar-refractivity contribution is -0.383. The number of anilines is 2. The molecule has 0 aliphatic rings. The molecule has 0 spiro atoms. The van der Waals surface area contributed by atoms with Crippen LogP contribution in [0, 0.1) is 10.1 Å². The summed E-state index contributed by atoms with van der Waals surface area (Å²) in [5.41, 5.74) is -0.0441. The number of benzene rings is 1. The van der Waals surface area contributed by atoms with Crippen LogP contribution in [-0.2, 0) is 0 Å². The first-order valence-electron chi connectivity index (χ1n) is 5.82. The summed E-state index contributed by atoms with van der Waals surface area (Å²) in [6.07, 6.45) is 0.569. The van der Waals surface area contributed by atoms with Gasteiger partial charge in [-0.1, -0.05) is 13.0 Å². The van der Waals surface area contributed by atoms with E-state index in [-0.39, 0.29) is 12.2 Å². The van der Waals surface area contributed by atoms with E-state index in [2.05, 4.69) is 10.6 Å². The Hall–Kier alpha value is -1.82. The Morgan fingerprint density at radius 1 is 1.44 bits per heavy atom. The Bertz CT molecular complexity index is 433. The lowest BCUT2D eigenvalue weighted by atomic mass is 10.0. The SMILES string of the molecule is CCC(C)(O)CNc1cccc(NC)c1[N+](=O)[O-]. The summed E-state index contributed by atoms with van der Waals surface area (Å²) >= 11 is 0. The zero-order chi connectivity index (χ0) is 13.8. The molecule has 0 amide bonds. The first-order valence-corrected chi connectivity index (χ1v) is 5.82. The molecule has 1 atom stereocenters. The molecule has 3 N–H and O–H groups in total. The normalized spacial score (nSPS) is 13.8. The Morgan fingerprint density at radius 2 is 2.06 bits per heavy atom. The number of nitro benzene ring substituents is 1. The van der Waals surface area contributed by atoms with Gasteiger partial charge in [0.15, 0.2) is 0 Å². The predicted octanol–water partition coefficient (Wildman–Crippen LogP) is 2.21. The van der Waals surface area contributed by atoms with E-state index in [1.807, 2.05) is 6.92 Å². The second-order valence-corrected chi connectivity index (χ2v) is 4.41. The van der Waals surface area contributed by atoms with Crippen molar-refractivity contribution >= 4 is 17.1 Å². The van der Waals surface area contributed by atoms with Crippen molar-refractivity contribution in [3.63, 3.8) is 0 Å². The van der Waals surface area contributed by atoms with Crippen molar-refractivity contribution in [2.45, 2.75) is 25.9 Å². The lowest BCUT2D eigenvalue weighted by Crippen LogP contribution is -2.32. The molecule has 0 saturated carbocycles. The number of rotatable bonds is 6. The van der Waals surface area contributed by atoms with Gasteiger partial charge < -0.3 is 15.7 Å². The number of nitrogens with one attached hydrogen (secondary N) is 2. The van der Waals surface area contributed by atoms with Crippen LogP contribution in [0.2, 0.25) is 0 Å². The summed E-state index contributed by atoms with van der Waals surface area (Å²) in [4.78, 5) is 10.6. The van der Waals surface area contributed by atoms with Gasteiger partial charge in [-0.05, 0) is 25.5 Å². The summed E-state index contributed by atoms with van der Waals surface area (Å²) in [5.74, 6) is 0. The van der Waals surface area contributed by atoms with Crippen LogP contribution in [0.25, 0.3) is 0 Å². The largest absolute Gasteiger partial charge is 0.388 e. The topological polar surface area (TPSA) is 87.4 Å². The van der Waals surface area contributed by atoms with E-state index in [9.17, 15) is 15.2 Å². The molecule has 1 aromatic rings. The van der Waals surface area contributed by atoms with Gasteiger partial charge in [0.25, 0.3) is 0 Å². The molecule has 18 heavy (non-hydrogen) atoms. The van der Waals surface area contributed by atoms with Gasteiger partial charge in [-0.3, -0.25) is 10.1 Å². The number of hydrogen-bond acceptors (Lipinski definition) is 5. The number of hydrogen-bond donors (Lipinski definition) is 3. The molecule has 0 fully saturated rings. The second kappa shape index (κ2) is 5.68. The molecule has 0 radical (unpaired) electrons. The summed E-state index contributed by atoms with van der Waals surface area (Å²) < 4.78 is 0. The fraction of sp³-hybridized carbons (Fsp3) is 0.500. The minimum absolute atomic E-state index is 0.00750. The van der Waals surface area contributed by atoms with Gasteiger partial charge in [-0.2, -0.15) is 0 Å². The van der Waals surface area contributed by atoms with E-state index >= 15 is 0 Å². The van der Waals surface area contributed by atoms with Crippen molar-refractivity contribution in [2.24, 2.45) is 0 Å². The summed E-state index contributed by atoms with van der Waals surface area (Å²) in [5, 5.41) is 26.7. The van der Waals surface area contributed by atoms with Crippen molar-refractivity contribution in [1.29, 1.82) is 0 Å². The molecule has 0 aliphatic heterocycles. The number of para-hydroxylation sites is 1. The van der Waals surface area contributed by atoms with E-state index in [1.165, 1.54) is 0 Å². The Balaban J connectivity index is 2.99. The summed E-state index contributed by atoms with van der Waals surface area (Å²) in [6, 6.07) is 4.99. The van der Waals surface area contributed by atoms with Gasteiger partial charge in [0.05, 0.1) is 10.5 Å². The van der Waals surface area contributed by atoms with Gasteiger partial charge in [-0.25, -0.2) is 0 Å². The molecule has 1 unspecified atom stereocenters. The van der Waals surface area contributed by atoms with E-state index < -0.39 is 10.5 Å². The number of nitro groups is 1. The van der Waals surface area contributed by atoms with Crippen LogP contribution in [0.3, 0.4) is 0 Å². The quantitative estimate of drug-likeness (QED) is 0.534. The van der Waals surface area contributed by atoms with Gasteiger partial charge in [0.1, 0.15) is 11.4 Å². The standard InChI is InChI=1S/C12H19N3O3/c1-4-12(2,16)8-14-10-7-5-6-9(13-3)11(10)15(17)18/h5-7,13-14,16H,4,8H2,1-3H3. The van der Waals surface area contributed by atoms with Crippen LogP contribution >= 0.6 is 0 Å². The average molecular weight is 253 g/mol. The highest BCUT2D eigenvalue weighted by atomic mass is 16.6. The van der Waals surface area contributed by atoms with Crippen molar-refractivity contribution in [3.8, 4) is 0 Å².